The van der Waals surface area contributed by atoms with E-state index in [-0.39, 0.29) is 25.9 Å². The second kappa shape index (κ2) is 53.5. The smallest absolute Gasteiger partial charge is 0.462 e. The predicted octanol–water partition coefficient (Wildman–Crippen LogP) is 17.3. The number of hydrogen-bond acceptors (Lipinski definition) is 10. The highest BCUT2D eigenvalue weighted by molar-refractivity contribution is 7.47. The second-order valence-electron chi connectivity index (χ2n) is 20.2. The molecule has 0 aromatic heterocycles. The Morgan fingerprint density at radius 1 is 0.386 bits per heavy atom. The van der Waals surface area contributed by atoms with Crippen LogP contribution in [0.3, 0.4) is 0 Å². The van der Waals surface area contributed by atoms with Gasteiger partial charge in [0, 0.05) is 19.3 Å². The van der Waals surface area contributed by atoms with E-state index in [1.165, 1.54) is 167 Å². The Morgan fingerprint density at radius 3 is 1.00 bits per heavy atom. The van der Waals surface area contributed by atoms with Crippen LogP contribution in [-0.2, 0) is 42.2 Å². The molecule has 0 aliphatic carbocycles. The minimum atomic E-state index is -4.74. The first-order valence-electron chi connectivity index (χ1n) is 29.6. The molecule has 0 fully saturated rings. The van der Waals surface area contributed by atoms with Gasteiger partial charge in [0.15, 0.2) is 6.10 Å². The van der Waals surface area contributed by atoms with E-state index in [0.29, 0.717) is 19.3 Å². The zero-order chi connectivity index (χ0) is 51.3. The molecule has 70 heavy (non-hydrogen) atoms. The fourth-order valence-corrected chi connectivity index (χ4v) is 9.43. The van der Waals surface area contributed by atoms with Gasteiger partial charge in [0.25, 0.3) is 0 Å². The van der Waals surface area contributed by atoms with E-state index >= 15 is 0 Å². The lowest BCUT2D eigenvalue weighted by Gasteiger charge is -2.21. The maximum atomic E-state index is 12.9. The van der Waals surface area contributed by atoms with E-state index in [4.69, 9.17) is 23.3 Å². The Hall–Kier alpha value is -1.78. The molecule has 2 N–H and O–H groups in total. The largest absolute Gasteiger partial charge is 0.472 e. The number of allylic oxidation sites excluding steroid dienone is 2. The maximum Gasteiger partial charge on any atom is 0.472 e. The molecule has 0 aliphatic rings. The van der Waals surface area contributed by atoms with E-state index in [0.717, 1.165) is 77.0 Å². The van der Waals surface area contributed by atoms with Gasteiger partial charge in [0.05, 0.1) is 19.8 Å². The van der Waals surface area contributed by atoms with E-state index in [9.17, 15) is 28.9 Å². The van der Waals surface area contributed by atoms with Crippen molar-refractivity contribution >= 4 is 25.7 Å². The third-order valence-electron chi connectivity index (χ3n) is 13.2. The molecule has 0 aromatic rings. The number of carbonyl (C=O) groups is 3. The van der Waals surface area contributed by atoms with Gasteiger partial charge in [0.2, 0.25) is 0 Å². The van der Waals surface area contributed by atoms with Gasteiger partial charge >= 0.3 is 25.7 Å². The molecule has 3 atom stereocenters. The van der Waals surface area contributed by atoms with Crippen LogP contribution in [0.15, 0.2) is 12.2 Å². The summed E-state index contributed by atoms with van der Waals surface area (Å²) in [5.74, 6) is -1.45. The van der Waals surface area contributed by atoms with Crippen LogP contribution >= 0.6 is 7.82 Å². The first kappa shape index (κ1) is 68.2. The molecule has 0 spiro atoms. The van der Waals surface area contributed by atoms with E-state index in [2.05, 4.69) is 32.9 Å². The van der Waals surface area contributed by atoms with Gasteiger partial charge in [0.1, 0.15) is 12.7 Å². The Kier molecular flexibility index (Phi) is 52.1. The van der Waals surface area contributed by atoms with Gasteiger partial charge in [-0.1, -0.05) is 251 Å². The van der Waals surface area contributed by atoms with Gasteiger partial charge in [-0.3, -0.25) is 23.4 Å². The fourth-order valence-electron chi connectivity index (χ4n) is 8.65. The van der Waals surface area contributed by atoms with Gasteiger partial charge in [-0.2, -0.15) is 0 Å². The number of phosphoric acid groups is 1. The summed E-state index contributed by atoms with van der Waals surface area (Å²) >= 11 is 0. The van der Waals surface area contributed by atoms with Crippen molar-refractivity contribution in [2.45, 2.75) is 315 Å². The Labute approximate surface area is 430 Å². The van der Waals surface area contributed by atoms with Crippen molar-refractivity contribution in [3.63, 3.8) is 0 Å². The summed E-state index contributed by atoms with van der Waals surface area (Å²) in [7, 11) is -4.74. The summed E-state index contributed by atoms with van der Waals surface area (Å²) in [4.78, 5) is 48.5. The number of aliphatic hydroxyl groups is 1. The predicted molar refractivity (Wildman–Crippen MR) is 289 cm³/mol. The quantitative estimate of drug-likeness (QED) is 0.0197. The summed E-state index contributed by atoms with van der Waals surface area (Å²) in [5, 5.41) is 9.79. The Balaban J connectivity index is 4.63. The SMILES string of the molecule is CCCCCC/C=C\CCCCCCCC(=O)OC(COC(=O)CCCCCCCCCCCCCCCCCCCCC)COP(=O)(O)OCC(CO)OC(=O)CCCCCCCCCCCCC. The Morgan fingerprint density at radius 2 is 0.657 bits per heavy atom. The molecule has 0 bridgehead atoms. The van der Waals surface area contributed by atoms with Crippen LogP contribution in [-0.4, -0.2) is 66.5 Å². The highest BCUT2D eigenvalue weighted by Gasteiger charge is 2.28. The molecular formula is C58H111O11P. The third kappa shape index (κ3) is 51.1. The van der Waals surface area contributed by atoms with Crippen molar-refractivity contribution in [1.82, 2.24) is 0 Å². The maximum absolute atomic E-state index is 12.9. The van der Waals surface area contributed by atoms with Gasteiger partial charge in [-0.05, 0) is 44.9 Å². The summed E-state index contributed by atoms with van der Waals surface area (Å²) in [6, 6.07) is 0. The van der Waals surface area contributed by atoms with Crippen LogP contribution in [0.2, 0.25) is 0 Å². The summed E-state index contributed by atoms with van der Waals surface area (Å²) < 4.78 is 39.5. The van der Waals surface area contributed by atoms with Crippen LogP contribution < -0.4 is 0 Å². The number of carbonyl (C=O) groups excluding carboxylic acids is 3. The highest BCUT2D eigenvalue weighted by Crippen LogP contribution is 2.43. The first-order chi connectivity index (χ1) is 34.2. The molecule has 414 valence electrons. The average Bonchev–Trinajstić information content (AvgIpc) is 3.35. The molecule has 3 unspecified atom stereocenters. The molecule has 0 radical (unpaired) electrons. The van der Waals surface area contributed by atoms with Crippen LogP contribution in [0.1, 0.15) is 303 Å². The number of ether oxygens (including phenoxy) is 3. The normalized spacial score (nSPS) is 13.4. The molecule has 0 aromatic carbocycles. The molecule has 0 rings (SSSR count). The van der Waals surface area contributed by atoms with Crippen LogP contribution in [0, 0.1) is 0 Å². The molecule has 0 aliphatic heterocycles. The fraction of sp³-hybridized carbons (Fsp3) is 0.914. The Bertz CT molecular complexity index is 1230. The lowest BCUT2D eigenvalue weighted by molar-refractivity contribution is -0.161. The lowest BCUT2D eigenvalue weighted by atomic mass is 10.0. The molecule has 0 heterocycles. The average molecular weight is 1020 g/mol. The number of esters is 3. The second-order valence-corrected chi connectivity index (χ2v) is 21.6. The van der Waals surface area contributed by atoms with E-state index in [1.807, 2.05) is 0 Å². The molecular weight excluding hydrogens is 904 g/mol. The number of phosphoric ester groups is 1. The number of aliphatic hydroxyl groups excluding tert-OH is 1. The van der Waals surface area contributed by atoms with Crippen molar-refractivity contribution in [2.75, 3.05) is 26.4 Å². The van der Waals surface area contributed by atoms with Crippen molar-refractivity contribution in [2.24, 2.45) is 0 Å². The standard InChI is InChI=1S/C58H111O11P/c1-4-7-10-13-16-19-22-24-25-26-27-28-29-31-33-35-38-41-44-47-56(60)65-51-55(69-58(62)49-46-43-40-37-34-30-23-20-17-14-11-8-5-2)53-67-70(63,64)66-52-54(50-59)68-57(61)48-45-42-39-36-32-21-18-15-12-9-6-3/h20,23,54-55,59H,4-19,21-22,24-53H2,1-3H3,(H,63,64)/b23-20-. The lowest BCUT2D eigenvalue weighted by Crippen LogP contribution is -2.30. The monoisotopic (exact) mass is 1010 g/mol. The van der Waals surface area contributed by atoms with E-state index in [1.54, 1.807) is 0 Å². The van der Waals surface area contributed by atoms with E-state index < -0.39 is 57.8 Å². The van der Waals surface area contributed by atoms with Gasteiger partial charge in [-0.15, -0.1) is 0 Å². The topological polar surface area (TPSA) is 155 Å². The zero-order valence-corrected chi connectivity index (χ0v) is 46.7. The zero-order valence-electron chi connectivity index (χ0n) is 45.8. The van der Waals surface area contributed by atoms with Crippen molar-refractivity contribution in [3.8, 4) is 0 Å². The number of rotatable bonds is 56. The molecule has 0 saturated heterocycles. The van der Waals surface area contributed by atoms with Crippen LogP contribution in [0.4, 0.5) is 0 Å². The minimum Gasteiger partial charge on any atom is -0.462 e. The van der Waals surface area contributed by atoms with Gasteiger partial charge < -0.3 is 24.2 Å². The van der Waals surface area contributed by atoms with Crippen molar-refractivity contribution in [3.05, 3.63) is 12.2 Å². The van der Waals surface area contributed by atoms with Crippen molar-refractivity contribution < 1.29 is 52.2 Å². The summed E-state index contributed by atoms with van der Waals surface area (Å²) in [6.07, 6.45) is 51.7. The molecule has 0 amide bonds. The minimum absolute atomic E-state index is 0.164. The first-order valence-corrected chi connectivity index (χ1v) is 31.1. The highest BCUT2D eigenvalue weighted by atomic mass is 31.2. The van der Waals surface area contributed by atoms with Gasteiger partial charge in [-0.25, -0.2) is 4.57 Å². The third-order valence-corrected chi connectivity index (χ3v) is 14.1. The number of unbranched alkanes of at least 4 members (excludes halogenated alkanes) is 37. The molecule has 12 heteroatoms. The van der Waals surface area contributed by atoms with Crippen LogP contribution in [0.25, 0.3) is 0 Å². The summed E-state index contributed by atoms with van der Waals surface area (Å²) in [5.41, 5.74) is 0. The number of hydrogen-bond donors (Lipinski definition) is 2. The van der Waals surface area contributed by atoms with Crippen LogP contribution in [0.5, 0.6) is 0 Å². The van der Waals surface area contributed by atoms with Crippen molar-refractivity contribution in [1.29, 1.82) is 0 Å². The molecule has 0 saturated carbocycles. The summed E-state index contributed by atoms with van der Waals surface area (Å²) in [6.45, 7) is 4.67. The molecule has 11 nitrogen and oxygen atoms in total.